The van der Waals surface area contributed by atoms with Crippen molar-refractivity contribution in [1.29, 1.82) is 0 Å². The molecule has 0 fully saturated rings. The maximum absolute atomic E-state index is 12.2. The second kappa shape index (κ2) is 9.29. The maximum atomic E-state index is 12.2. The first kappa shape index (κ1) is 18.3. The van der Waals surface area contributed by atoms with Crippen LogP contribution in [0.1, 0.15) is 16.1 Å². The minimum Gasteiger partial charge on any atom is -0.354 e. The molecule has 3 aromatic rings. The Balaban J connectivity index is 1.44. The fraction of sp³-hybridized carbons (Fsp3) is 0.136. The number of benzene rings is 2. The summed E-state index contributed by atoms with van der Waals surface area (Å²) in [6.45, 7) is 0.430. The van der Waals surface area contributed by atoms with E-state index in [0.29, 0.717) is 18.5 Å². The number of hydrogen-bond acceptors (Lipinski definition) is 3. The van der Waals surface area contributed by atoms with Crippen LogP contribution in [0.3, 0.4) is 0 Å². The Labute approximate surface area is 158 Å². The topological polar surface area (TPSA) is 71.1 Å². The highest BCUT2D eigenvalue weighted by atomic mass is 16.2. The molecule has 0 radical (unpaired) electrons. The average molecular weight is 359 g/mol. The minimum absolute atomic E-state index is 0.0541. The number of carbonyl (C=O) groups is 2. The van der Waals surface area contributed by atoms with Gasteiger partial charge in [-0.25, -0.2) is 0 Å². The summed E-state index contributed by atoms with van der Waals surface area (Å²) in [5.74, 6) is -0.491. The van der Waals surface area contributed by atoms with E-state index in [1.807, 2.05) is 60.7 Å². The molecule has 136 valence electrons. The van der Waals surface area contributed by atoms with E-state index in [0.717, 1.165) is 16.8 Å². The monoisotopic (exact) mass is 359 g/mol. The minimum atomic E-state index is -0.269. The zero-order chi connectivity index (χ0) is 18.9. The van der Waals surface area contributed by atoms with Crippen LogP contribution in [0.4, 0.5) is 0 Å². The van der Waals surface area contributed by atoms with Crippen LogP contribution in [0.15, 0.2) is 79.0 Å². The largest absolute Gasteiger partial charge is 0.354 e. The van der Waals surface area contributed by atoms with Crippen molar-refractivity contribution in [2.45, 2.75) is 6.42 Å². The van der Waals surface area contributed by atoms with E-state index in [2.05, 4.69) is 15.6 Å². The van der Waals surface area contributed by atoms with Crippen molar-refractivity contribution in [3.05, 3.63) is 90.3 Å². The van der Waals surface area contributed by atoms with E-state index in [1.165, 1.54) is 0 Å². The van der Waals surface area contributed by atoms with Crippen LogP contribution in [0, 0.1) is 0 Å². The predicted octanol–water partition coefficient (Wildman–Crippen LogP) is 2.84. The summed E-state index contributed by atoms with van der Waals surface area (Å²) in [5, 5.41) is 5.41. The van der Waals surface area contributed by atoms with Crippen molar-refractivity contribution in [2.75, 3.05) is 13.1 Å². The molecule has 5 nitrogen and oxygen atoms in total. The third-order valence-corrected chi connectivity index (χ3v) is 4.09. The number of rotatable bonds is 7. The zero-order valence-electron chi connectivity index (χ0n) is 14.9. The summed E-state index contributed by atoms with van der Waals surface area (Å²) >= 11 is 0. The molecule has 3 rings (SSSR count). The first-order valence-corrected chi connectivity index (χ1v) is 8.82. The van der Waals surface area contributed by atoms with Crippen LogP contribution in [-0.2, 0) is 11.2 Å². The van der Waals surface area contributed by atoms with Crippen molar-refractivity contribution in [1.82, 2.24) is 15.6 Å². The molecule has 1 aromatic heterocycles. The molecule has 0 atom stereocenters. The van der Waals surface area contributed by atoms with Gasteiger partial charge in [0.2, 0.25) is 5.91 Å². The summed E-state index contributed by atoms with van der Waals surface area (Å²) < 4.78 is 0. The molecule has 1 heterocycles. The lowest BCUT2D eigenvalue weighted by Gasteiger charge is -2.08. The van der Waals surface area contributed by atoms with Gasteiger partial charge in [-0.1, -0.05) is 48.5 Å². The molecule has 0 aliphatic heterocycles. The summed E-state index contributed by atoms with van der Waals surface area (Å²) in [5.41, 5.74) is 3.58. The van der Waals surface area contributed by atoms with Gasteiger partial charge >= 0.3 is 0 Å². The number of amides is 2. The van der Waals surface area contributed by atoms with Gasteiger partial charge < -0.3 is 10.6 Å². The van der Waals surface area contributed by atoms with Crippen molar-refractivity contribution < 1.29 is 9.59 Å². The third-order valence-electron chi connectivity index (χ3n) is 4.09. The van der Waals surface area contributed by atoms with E-state index in [1.54, 1.807) is 18.3 Å². The van der Waals surface area contributed by atoms with Crippen molar-refractivity contribution in [3.63, 3.8) is 0 Å². The molecule has 5 heteroatoms. The Bertz CT molecular complexity index is 878. The lowest BCUT2D eigenvalue weighted by molar-refractivity contribution is -0.120. The third kappa shape index (κ3) is 5.51. The highest BCUT2D eigenvalue weighted by Gasteiger charge is 2.08. The number of pyridine rings is 1. The number of nitrogens with zero attached hydrogens (tertiary/aromatic N) is 1. The van der Waals surface area contributed by atoms with Crippen LogP contribution < -0.4 is 10.6 Å². The standard InChI is InChI=1S/C22H21N3O2/c26-21(24-15-13-20-8-4-5-14-23-20)16-25-22(27)19-11-9-18(10-12-19)17-6-2-1-3-7-17/h1-12,14H,13,15-16H2,(H,24,26)(H,25,27). The highest BCUT2D eigenvalue weighted by molar-refractivity contribution is 5.96. The van der Waals surface area contributed by atoms with Crippen LogP contribution in [-0.4, -0.2) is 29.9 Å². The van der Waals surface area contributed by atoms with Crippen LogP contribution in [0.2, 0.25) is 0 Å². The molecule has 0 unspecified atom stereocenters. The fourth-order valence-electron chi connectivity index (χ4n) is 2.65. The number of carbonyl (C=O) groups excluding carboxylic acids is 2. The SMILES string of the molecule is O=C(CNC(=O)c1ccc(-c2ccccc2)cc1)NCCc1ccccn1. The van der Waals surface area contributed by atoms with Gasteiger partial charge in [0.25, 0.3) is 5.91 Å². The van der Waals surface area contributed by atoms with Crippen molar-refractivity contribution >= 4 is 11.8 Å². The zero-order valence-corrected chi connectivity index (χ0v) is 14.9. The Kier molecular flexibility index (Phi) is 6.30. The fourth-order valence-corrected chi connectivity index (χ4v) is 2.65. The molecule has 2 aromatic carbocycles. The molecule has 0 aliphatic carbocycles. The second-order valence-corrected chi connectivity index (χ2v) is 6.05. The molecule has 0 bridgehead atoms. The van der Waals surface area contributed by atoms with Gasteiger partial charge in [-0.3, -0.25) is 14.6 Å². The van der Waals surface area contributed by atoms with E-state index < -0.39 is 0 Å². The second-order valence-electron chi connectivity index (χ2n) is 6.05. The molecule has 2 amide bonds. The lowest BCUT2D eigenvalue weighted by Crippen LogP contribution is -2.37. The first-order valence-electron chi connectivity index (χ1n) is 8.82. The molecule has 0 saturated carbocycles. The molecule has 0 spiro atoms. The van der Waals surface area contributed by atoms with E-state index in [-0.39, 0.29) is 18.4 Å². The Morgan fingerprint density at radius 3 is 2.19 bits per heavy atom. The maximum Gasteiger partial charge on any atom is 0.251 e. The van der Waals surface area contributed by atoms with Gasteiger partial charge in [0, 0.05) is 30.4 Å². The van der Waals surface area contributed by atoms with E-state index >= 15 is 0 Å². The Morgan fingerprint density at radius 1 is 0.778 bits per heavy atom. The summed E-state index contributed by atoms with van der Waals surface area (Å²) in [6, 6.07) is 22.9. The molecule has 2 N–H and O–H groups in total. The number of aromatic nitrogens is 1. The van der Waals surface area contributed by atoms with Crippen LogP contribution in [0.5, 0.6) is 0 Å². The molecular weight excluding hydrogens is 338 g/mol. The van der Waals surface area contributed by atoms with Crippen molar-refractivity contribution in [3.8, 4) is 11.1 Å². The van der Waals surface area contributed by atoms with Gasteiger partial charge in [0.1, 0.15) is 0 Å². The molecule has 0 aliphatic rings. The van der Waals surface area contributed by atoms with Gasteiger partial charge in [-0.2, -0.15) is 0 Å². The van der Waals surface area contributed by atoms with Crippen molar-refractivity contribution in [2.24, 2.45) is 0 Å². The molecular formula is C22H21N3O2. The highest BCUT2D eigenvalue weighted by Crippen LogP contribution is 2.19. The van der Waals surface area contributed by atoms with Gasteiger partial charge in [0.05, 0.1) is 6.54 Å². The van der Waals surface area contributed by atoms with Gasteiger partial charge in [-0.15, -0.1) is 0 Å². The smallest absolute Gasteiger partial charge is 0.251 e. The Hall–Kier alpha value is -3.47. The average Bonchev–Trinajstić information content (AvgIpc) is 2.73. The van der Waals surface area contributed by atoms with E-state index in [4.69, 9.17) is 0 Å². The van der Waals surface area contributed by atoms with Crippen LogP contribution >= 0.6 is 0 Å². The number of hydrogen-bond donors (Lipinski definition) is 2. The summed E-state index contributed by atoms with van der Waals surface area (Å²) in [7, 11) is 0. The van der Waals surface area contributed by atoms with Gasteiger partial charge in [0.15, 0.2) is 0 Å². The van der Waals surface area contributed by atoms with Gasteiger partial charge in [-0.05, 0) is 35.4 Å². The summed E-state index contributed by atoms with van der Waals surface area (Å²) in [6.07, 6.45) is 2.38. The summed E-state index contributed by atoms with van der Waals surface area (Å²) in [4.78, 5) is 28.3. The lowest BCUT2D eigenvalue weighted by atomic mass is 10.0. The quantitative estimate of drug-likeness (QED) is 0.681. The van der Waals surface area contributed by atoms with Crippen LogP contribution in [0.25, 0.3) is 11.1 Å². The normalized spacial score (nSPS) is 10.2. The van der Waals surface area contributed by atoms with E-state index in [9.17, 15) is 9.59 Å². The molecule has 0 saturated heterocycles. The first-order chi connectivity index (χ1) is 13.2. The molecule has 27 heavy (non-hydrogen) atoms. The predicted molar refractivity (Wildman–Crippen MR) is 105 cm³/mol. The Morgan fingerprint density at radius 2 is 1.48 bits per heavy atom. The number of nitrogens with one attached hydrogen (secondary N) is 2.